The summed E-state index contributed by atoms with van der Waals surface area (Å²) in [5, 5.41) is 24.9. The summed E-state index contributed by atoms with van der Waals surface area (Å²) < 4.78 is 0. The maximum atomic E-state index is 12.1. The zero-order valence-electron chi connectivity index (χ0n) is 18.0. The van der Waals surface area contributed by atoms with Crippen LogP contribution in [0.3, 0.4) is 0 Å². The van der Waals surface area contributed by atoms with Gasteiger partial charge >= 0.3 is 0 Å². The smallest absolute Gasteiger partial charge is 0.293 e. The van der Waals surface area contributed by atoms with Crippen molar-refractivity contribution in [2.45, 2.75) is 31.1 Å². The Labute approximate surface area is 189 Å². The largest absolute Gasteiger partial charge is 0.341 e. The number of aldehydes is 1. The minimum atomic E-state index is -0.639. The lowest BCUT2D eigenvalue weighted by Gasteiger charge is -2.38. The van der Waals surface area contributed by atoms with Crippen LogP contribution in [0.25, 0.3) is 10.8 Å². The molecule has 33 heavy (non-hydrogen) atoms. The summed E-state index contributed by atoms with van der Waals surface area (Å²) in [6, 6.07) is 15.6. The van der Waals surface area contributed by atoms with Crippen LogP contribution in [-0.2, 0) is 16.6 Å². The van der Waals surface area contributed by atoms with Crippen LogP contribution in [0.2, 0.25) is 0 Å². The van der Waals surface area contributed by atoms with E-state index < -0.39 is 10.3 Å². The number of nitro benzene ring substituents is 2. The van der Waals surface area contributed by atoms with Gasteiger partial charge in [0.25, 0.3) is 11.4 Å². The molecule has 0 amide bonds. The Hall–Kier alpha value is -4.07. The van der Waals surface area contributed by atoms with Crippen molar-refractivity contribution in [1.29, 1.82) is 0 Å². The fourth-order valence-corrected chi connectivity index (χ4v) is 5.76. The number of hydrogen-bond donors (Lipinski definition) is 0. The van der Waals surface area contributed by atoms with E-state index in [1.165, 1.54) is 12.1 Å². The van der Waals surface area contributed by atoms with Gasteiger partial charge in [0, 0.05) is 47.5 Å². The molecule has 0 bridgehead atoms. The molecule has 0 fully saturated rings. The minimum Gasteiger partial charge on any atom is -0.341 e. The number of allylic oxidation sites excluding steroid dienone is 2. The first-order valence-electron chi connectivity index (χ1n) is 10.7. The third kappa shape index (κ3) is 3.01. The van der Waals surface area contributed by atoms with Crippen LogP contribution in [0, 0.1) is 20.2 Å². The number of hydrogen-bond acceptors (Lipinski definition) is 6. The number of fused-ring (bicyclic) bond motifs is 5. The van der Waals surface area contributed by atoms with Gasteiger partial charge in [-0.25, -0.2) is 0 Å². The van der Waals surface area contributed by atoms with Gasteiger partial charge in [-0.2, -0.15) is 0 Å². The highest BCUT2D eigenvalue weighted by molar-refractivity contribution is 6.00. The molecule has 0 saturated carbocycles. The van der Waals surface area contributed by atoms with Gasteiger partial charge in [0.15, 0.2) is 0 Å². The van der Waals surface area contributed by atoms with Crippen LogP contribution < -0.4 is 4.90 Å². The molecule has 3 aromatic carbocycles. The summed E-state index contributed by atoms with van der Waals surface area (Å²) in [5.74, 6) is 0. The van der Waals surface area contributed by atoms with Crippen LogP contribution in [0.4, 0.5) is 17.1 Å². The number of benzene rings is 3. The number of nitro groups is 2. The van der Waals surface area contributed by atoms with E-state index in [0.717, 1.165) is 46.7 Å². The molecule has 1 unspecified atom stereocenters. The molecule has 2 aliphatic rings. The molecule has 166 valence electrons. The molecule has 0 saturated heterocycles. The Bertz CT molecular complexity index is 1360. The van der Waals surface area contributed by atoms with Gasteiger partial charge in [0.2, 0.25) is 0 Å². The van der Waals surface area contributed by atoms with E-state index in [1.807, 2.05) is 29.2 Å². The van der Waals surface area contributed by atoms with Gasteiger partial charge in [-0.1, -0.05) is 36.4 Å². The number of carbonyl (C=O) groups excluding carboxylic acids is 1. The predicted molar refractivity (Wildman–Crippen MR) is 124 cm³/mol. The van der Waals surface area contributed by atoms with Gasteiger partial charge in [0.1, 0.15) is 12.0 Å². The average molecular weight is 443 g/mol. The Morgan fingerprint density at radius 2 is 1.79 bits per heavy atom. The van der Waals surface area contributed by atoms with Crippen LogP contribution in [0.5, 0.6) is 0 Å². The highest BCUT2D eigenvalue weighted by Gasteiger charge is 2.52. The van der Waals surface area contributed by atoms with Gasteiger partial charge < -0.3 is 4.90 Å². The first-order valence-corrected chi connectivity index (χ1v) is 10.7. The van der Waals surface area contributed by atoms with Crippen molar-refractivity contribution in [3.05, 3.63) is 97.2 Å². The van der Waals surface area contributed by atoms with Crippen LogP contribution in [-0.4, -0.2) is 23.2 Å². The van der Waals surface area contributed by atoms with E-state index in [0.29, 0.717) is 24.1 Å². The van der Waals surface area contributed by atoms with E-state index >= 15 is 0 Å². The zero-order chi connectivity index (χ0) is 23.3. The van der Waals surface area contributed by atoms with E-state index in [2.05, 4.69) is 0 Å². The fourth-order valence-electron chi connectivity index (χ4n) is 5.76. The van der Waals surface area contributed by atoms with Crippen molar-refractivity contribution < 1.29 is 14.6 Å². The second-order valence-corrected chi connectivity index (χ2v) is 8.68. The van der Waals surface area contributed by atoms with E-state index in [4.69, 9.17) is 0 Å². The number of rotatable bonds is 5. The normalized spacial score (nSPS) is 19.4. The number of likely N-dealkylation sites (N-methyl/N-ethyl adjacent to an activating group) is 1. The first-order chi connectivity index (χ1) is 15.9. The topological polar surface area (TPSA) is 107 Å². The van der Waals surface area contributed by atoms with Crippen molar-refractivity contribution in [3.8, 4) is 0 Å². The maximum Gasteiger partial charge on any atom is 0.293 e. The molecule has 1 atom stereocenters. The molecule has 1 aliphatic carbocycles. The highest BCUT2D eigenvalue weighted by Crippen LogP contribution is 2.59. The van der Waals surface area contributed by atoms with Crippen molar-refractivity contribution in [3.63, 3.8) is 0 Å². The molecule has 0 aromatic heterocycles. The second kappa shape index (κ2) is 7.51. The summed E-state index contributed by atoms with van der Waals surface area (Å²) in [5.41, 5.74) is 3.11. The SMILES string of the molecule is CN1C2=C(C=O)CCCC2(Cc2ccc([N+](=O)[O-])cc2)c2c1c([N+](=O)[O-])cc1ccccc21. The van der Waals surface area contributed by atoms with E-state index in [1.54, 1.807) is 25.2 Å². The van der Waals surface area contributed by atoms with Gasteiger partial charge in [-0.15, -0.1) is 0 Å². The lowest BCUT2D eigenvalue weighted by atomic mass is 9.66. The molecule has 1 heterocycles. The molecule has 0 spiro atoms. The van der Waals surface area contributed by atoms with Gasteiger partial charge in [-0.3, -0.25) is 25.0 Å². The molecule has 3 aromatic rings. The highest BCUT2D eigenvalue weighted by atomic mass is 16.6. The van der Waals surface area contributed by atoms with Crippen LogP contribution >= 0.6 is 0 Å². The summed E-state index contributed by atoms with van der Waals surface area (Å²) in [6.45, 7) is 0. The lowest BCUT2D eigenvalue weighted by molar-refractivity contribution is -0.384. The van der Waals surface area contributed by atoms with Gasteiger partial charge in [0.05, 0.1) is 9.85 Å². The number of non-ortho nitro benzene ring substituents is 1. The number of anilines is 1. The van der Waals surface area contributed by atoms with Crippen LogP contribution in [0.1, 0.15) is 30.4 Å². The summed E-state index contributed by atoms with van der Waals surface area (Å²) in [6.07, 6.45) is 3.47. The van der Waals surface area contributed by atoms with Gasteiger partial charge in [-0.05, 0) is 42.0 Å². The molecule has 0 N–H and O–H groups in total. The Morgan fingerprint density at radius 3 is 2.45 bits per heavy atom. The molecular weight excluding hydrogens is 422 g/mol. The van der Waals surface area contributed by atoms with Crippen molar-refractivity contribution in [2.24, 2.45) is 0 Å². The summed E-state index contributed by atoms with van der Waals surface area (Å²) in [7, 11) is 1.79. The monoisotopic (exact) mass is 443 g/mol. The minimum absolute atomic E-state index is 0.00858. The van der Waals surface area contributed by atoms with Crippen molar-refractivity contribution in [2.75, 3.05) is 11.9 Å². The summed E-state index contributed by atoms with van der Waals surface area (Å²) >= 11 is 0. The maximum absolute atomic E-state index is 12.1. The third-order valence-corrected chi connectivity index (χ3v) is 6.95. The van der Waals surface area contributed by atoms with Crippen molar-refractivity contribution in [1.82, 2.24) is 0 Å². The van der Waals surface area contributed by atoms with Crippen LogP contribution in [0.15, 0.2) is 65.9 Å². The second-order valence-electron chi connectivity index (χ2n) is 8.68. The number of carbonyl (C=O) groups is 1. The zero-order valence-corrected chi connectivity index (χ0v) is 18.0. The predicted octanol–water partition coefficient (Wildman–Crippen LogP) is 5.22. The Kier molecular flexibility index (Phi) is 4.74. The third-order valence-electron chi connectivity index (χ3n) is 6.95. The molecule has 5 rings (SSSR count). The molecular formula is C25H21N3O5. The molecule has 8 nitrogen and oxygen atoms in total. The lowest BCUT2D eigenvalue weighted by Crippen LogP contribution is -2.36. The quantitative estimate of drug-likeness (QED) is 0.304. The average Bonchev–Trinajstić information content (AvgIpc) is 3.07. The van der Waals surface area contributed by atoms with Crippen molar-refractivity contribution >= 4 is 34.1 Å². The first kappa shape index (κ1) is 20.8. The van der Waals surface area contributed by atoms with E-state index in [-0.39, 0.29) is 16.3 Å². The standard InChI is InChI=1S/C25H21N3O5/c1-26-23-21(28(32)33)13-17-5-2-3-7-20(17)22(23)25(12-4-6-18(15-29)24(25)26)14-16-8-10-19(11-9-16)27(30)31/h2-3,5,7-11,13,15H,4,6,12,14H2,1H3. The molecule has 1 aliphatic heterocycles. The Balaban J connectivity index is 1.83. The molecule has 8 heteroatoms. The molecule has 0 radical (unpaired) electrons. The number of nitrogens with zero attached hydrogens (tertiary/aromatic N) is 3. The fraction of sp³-hybridized carbons (Fsp3) is 0.240. The van der Waals surface area contributed by atoms with E-state index in [9.17, 15) is 25.0 Å². The Morgan fingerprint density at radius 1 is 1.06 bits per heavy atom. The summed E-state index contributed by atoms with van der Waals surface area (Å²) in [4.78, 5) is 36.3.